The van der Waals surface area contributed by atoms with E-state index in [1.54, 1.807) is 0 Å². The number of carbonyl (C=O) groups is 1. The molecule has 0 aromatic carbocycles. The van der Waals surface area contributed by atoms with Crippen molar-refractivity contribution in [1.29, 1.82) is 0 Å². The fourth-order valence-corrected chi connectivity index (χ4v) is 2.83. The zero-order valence-electron chi connectivity index (χ0n) is 9.48. The predicted molar refractivity (Wildman–Crippen MR) is 58.8 cm³/mol. The first kappa shape index (κ1) is 10.9. The van der Waals surface area contributed by atoms with E-state index in [2.05, 4.69) is 11.8 Å². The highest BCUT2D eigenvalue weighted by Gasteiger charge is 2.36. The van der Waals surface area contributed by atoms with Crippen molar-refractivity contribution in [2.75, 3.05) is 6.54 Å². The van der Waals surface area contributed by atoms with Crippen LogP contribution >= 0.6 is 0 Å². The summed E-state index contributed by atoms with van der Waals surface area (Å²) < 4.78 is 0. The van der Waals surface area contributed by atoms with E-state index < -0.39 is 5.97 Å². The Morgan fingerprint density at radius 2 is 2.13 bits per heavy atom. The summed E-state index contributed by atoms with van der Waals surface area (Å²) in [7, 11) is 0. The summed E-state index contributed by atoms with van der Waals surface area (Å²) in [5.74, 6) is 0.203. The van der Waals surface area contributed by atoms with Crippen LogP contribution in [0.3, 0.4) is 0 Å². The first-order chi connectivity index (χ1) is 7.18. The van der Waals surface area contributed by atoms with Gasteiger partial charge in [0.05, 0.1) is 6.42 Å². The predicted octanol–water partition coefficient (Wildman–Crippen LogP) is 2.11. The lowest BCUT2D eigenvalue weighted by Crippen LogP contribution is -2.46. The Morgan fingerprint density at radius 1 is 1.40 bits per heavy atom. The number of hydrogen-bond acceptors (Lipinski definition) is 2. The lowest BCUT2D eigenvalue weighted by atomic mass is 9.96. The normalized spacial score (nSPS) is 30.1. The van der Waals surface area contributed by atoms with E-state index in [9.17, 15) is 4.79 Å². The molecule has 86 valence electrons. The van der Waals surface area contributed by atoms with E-state index in [0.717, 1.165) is 18.9 Å². The maximum Gasteiger partial charge on any atom is 0.304 e. The van der Waals surface area contributed by atoms with Gasteiger partial charge in [-0.05, 0) is 45.1 Å². The van der Waals surface area contributed by atoms with Gasteiger partial charge < -0.3 is 5.11 Å². The van der Waals surface area contributed by atoms with Crippen LogP contribution in [-0.2, 0) is 4.79 Å². The summed E-state index contributed by atoms with van der Waals surface area (Å²) in [6.07, 6.45) is 6.54. The summed E-state index contributed by atoms with van der Waals surface area (Å²) >= 11 is 0. The molecular formula is C12H21NO2. The molecule has 2 unspecified atom stereocenters. The number of aliphatic carboxylic acids is 1. The van der Waals surface area contributed by atoms with Crippen LogP contribution in [0.15, 0.2) is 0 Å². The SMILES string of the molecule is CC(C1CC1)N1CCCCC1CC(=O)O. The number of nitrogens with zero attached hydrogens (tertiary/aromatic N) is 1. The summed E-state index contributed by atoms with van der Waals surface area (Å²) in [6, 6.07) is 0.904. The molecule has 3 nitrogen and oxygen atoms in total. The van der Waals surface area contributed by atoms with Gasteiger partial charge in [0.1, 0.15) is 0 Å². The maximum absolute atomic E-state index is 10.8. The molecule has 15 heavy (non-hydrogen) atoms. The molecule has 2 aliphatic rings. The summed E-state index contributed by atoms with van der Waals surface area (Å²) in [5, 5.41) is 8.89. The van der Waals surface area contributed by atoms with Crippen molar-refractivity contribution in [2.45, 2.75) is 57.5 Å². The Balaban J connectivity index is 1.94. The topological polar surface area (TPSA) is 40.5 Å². The van der Waals surface area contributed by atoms with E-state index in [0.29, 0.717) is 18.5 Å². The summed E-state index contributed by atoms with van der Waals surface area (Å²) in [5.41, 5.74) is 0. The van der Waals surface area contributed by atoms with E-state index in [4.69, 9.17) is 5.11 Å². The van der Waals surface area contributed by atoms with Gasteiger partial charge in [0.25, 0.3) is 0 Å². The smallest absolute Gasteiger partial charge is 0.304 e. The molecular weight excluding hydrogens is 190 g/mol. The molecule has 1 saturated carbocycles. The molecule has 0 aromatic heterocycles. The largest absolute Gasteiger partial charge is 0.481 e. The van der Waals surface area contributed by atoms with Crippen molar-refractivity contribution < 1.29 is 9.90 Å². The Bertz CT molecular complexity index is 238. The third-order valence-electron chi connectivity index (χ3n) is 3.91. The summed E-state index contributed by atoms with van der Waals surface area (Å²) in [4.78, 5) is 13.2. The highest BCUT2D eigenvalue weighted by Crippen LogP contribution is 2.37. The van der Waals surface area contributed by atoms with Crippen LogP contribution in [0.25, 0.3) is 0 Å². The van der Waals surface area contributed by atoms with Crippen molar-refractivity contribution in [3.63, 3.8) is 0 Å². The number of rotatable bonds is 4. The van der Waals surface area contributed by atoms with Crippen LogP contribution in [0.5, 0.6) is 0 Å². The second kappa shape index (κ2) is 4.52. The van der Waals surface area contributed by atoms with Crippen LogP contribution in [0.2, 0.25) is 0 Å². The van der Waals surface area contributed by atoms with Crippen molar-refractivity contribution in [2.24, 2.45) is 5.92 Å². The average molecular weight is 211 g/mol. The maximum atomic E-state index is 10.8. The number of piperidine rings is 1. The first-order valence-corrected chi connectivity index (χ1v) is 6.16. The van der Waals surface area contributed by atoms with Crippen molar-refractivity contribution in [1.82, 2.24) is 4.90 Å². The molecule has 1 heterocycles. The minimum absolute atomic E-state index is 0.298. The fourth-order valence-electron chi connectivity index (χ4n) is 2.83. The number of carboxylic acids is 1. The third kappa shape index (κ3) is 2.71. The lowest BCUT2D eigenvalue weighted by Gasteiger charge is -2.39. The number of hydrogen-bond donors (Lipinski definition) is 1. The molecule has 2 fully saturated rings. The Morgan fingerprint density at radius 3 is 2.73 bits per heavy atom. The molecule has 3 heteroatoms. The monoisotopic (exact) mass is 211 g/mol. The molecule has 1 saturated heterocycles. The van der Waals surface area contributed by atoms with Crippen molar-refractivity contribution in [3.8, 4) is 0 Å². The molecule has 0 amide bonds. The zero-order chi connectivity index (χ0) is 10.8. The molecule has 0 spiro atoms. The Hall–Kier alpha value is -0.570. The van der Waals surface area contributed by atoms with Crippen LogP contribution in [0.4, 0.5) is 0 Å². The molecule has 1 aliphatic heterocycles. The standard InChI is InChI=1S/C12H21NO2/c1-9(10-5-6-10)13-7-3-2-4-11(13)8-12(14)15/h9-11H,2-8H2,1H3,(H,14,15). The van der Waals surface area contributed by atoms with Gasteiger partial charge in [0.2, 0.25) is 0 Å². The van der Waals surface area contributed by atoms with Gasteiger partial charge in [-0.15, -0.1) is 0 Å². The molecule has 2 atom stereocenters. The summed E-state index contributed by atoms with van der Waals surface area (Å²) in [6.45, 7) is 3.38. The van der Waals surface area contributed by atoms with Gasteiger partial charge in [0.15, 0.2) is 0 Å². The fraction of sp³-hybridized carbons (Fsp3) is 0.917. The highest BCUT2D eigenvalue weighted by molar-refractivity contribution is 5.67. The van der Waals surface area contributed by atoms with Crippen LogP contribution < -0.4 is 0 Å². The van der Waals surface area contributed by atoms with Crippen molar-refractivity contribution >= 4 is 5.97 Å². The molecule has 1 aliphatic carbocycles. The number of carboxylic acid groups (broad SMARTS) is 1. The van der Waals surface area contributed by atoms with Crippen LogP contribution in [0, 0.1) is 5.92 Å². The van der Waals surface area contributed by atoms with Crippen LogP contribution in [0.1, 0.15) is 45.4 Å². The number of likely N-dealkylation sites (tertiary alicyclic amines) is 1. The van der Waals surface area contributed by atoms with E-state index >= 15 is 0 Å². The second-order valence-corrected chi connectivity index (χ2v) is 5.06. The van der Waals surface area contributed by atoms with Gasteiger partial charge in [0, 0.05) is 12.1 Å². The molecule has 0 aromatic rings. The van der Waals surface area contributed by atoms with Gasteiger partial charge in [-0.25, -0.2) is 0 Å². The lowest BCUT2D eigenvalue weighted by molar-refractivity contribution is -0.139. The minimum atomic E-state index is -0.644. The highest BCUT2D eigenvalue weighted by atomic mass is 16.4. The molecule has 1 N–H and O–H groups in total. The molecule has 2 rings (SSSR count). The Kier molecular flexibility index (Phi) is 3.29. The van der Waals surface area contributed by atoms with Gasteiger partial charge in [-0.2, -0.15) is 0 Å². The van der Waals surface area contributed by atoms with E-state index in [1.165, 1.54) is 25.7 Å². The minimum Gasteiger partial charge on any atom is -0.481 e. The quantitative estimate of drug-likeness (QED) is 0.774. The van der Waals surface area contributed by atoms with Gasteiger partial charge >= 0.3 is 5.97 Å². The van der Waals surface area contributed by atoms with E-state index in [-0.39, 0.29) is 0 Å². The Labute approximate surface area is 91.5 Å². The zero-order valence-corrected chi connectivity index (χ0v) is 9.48. The first-order valence-electron chi connectivity index (χ1n) is 6.16. The van der Waals surface area contributed by atoms with Crippen LogP contribution in [-0.4, -0.2) is 34.6 Å². The third-order valence-corrected chi connectivity index (χ3v) is 3.91. The van der Waals surface area contributed by atoms with Gasteiger partial charge in [-0.3, -0.25) is 9.69 Å². The molecule has 0 bridgehead atoms. The van der Waals surface area contributed by atoms with Crippen molar-refractivity contribution in [3.05, 3.63) is 0 Å². The second-order valence-electron chi connectivity index (χ2n) is 5.06. The average Bonchev–Trinajstić information content (AvgIpc) is 3.00. The van der Waals surface area contributed by atoms with E-state index in [1.807, 2.05) is 0 Å². The molecule has 0 radical (unpaired) electrons. The van der Waals surface area contributed by atoms with Gasteiger partial charge in [-0.1, -0.05) is 6.42 Å².